The molecule has 8 heteroatoms. The Bertz CT molecular complexity index is 1010. The van der Waals surface area contributed by atoms with Crippen molar-refractivity contribution in [2.45, 2.75) is 31.2 Å². The van der Waals surface area contributed by atoms with Gasteiger partial charge >= 0.3 is 0 Å². The van der Waals surface area contributed by atoms with Crippen LogP contribution in [0.3, 0.4) is 0 Å². The minimum absolute atomic E-state index is 0.0158. The molecule has 0 aliphatic heterocycles. The van der Waals surface area contributed by atoms with Crippen molar-refractivity contribution in [1.82, 2.24) is 5.32 Å². The molecule has 3 aliphatic rings. The zero-order chi connectivity index (χ0) is 21.5. The average molecular weight is 436 g/mol. The third-order valence-electron chi connectivity index (χ3n) is 5.82. The van der Waals surface area contributed by atoms with E-state index in [0.29, 0.717) is 31.2 Å². The van der Waals surface area contributed by atoms with Gasteiger partial charge in [-0.2, -0.15) is 0 Å². The number of nitrogens with one attached hydrogen (secondary N) is 1. The van der Waals surface area contributed by atoms with Gasteiger partial charge in [-0.3, -0.25) is 9.59 Å². The summed E-state index contributed by atoms with van der Waals surface area (Å²) in [5.74, 6) is -1.28. The van der Waals surface area contributed by atoms with Crippen molar-refractivity contribution >= 4 is 23.3 Å². The van der Waals surface area contributed by atoms with Gasteiger partial charge < -0.3 is 14.8 Å². The van der Waals surface area contributed by atoms with Crippen LogP contribution in [0.2, 0.25) is 5.02 Å². The molecule has 1 N–H and O–H groups in total. The Hall–Kier alpha value is -2.67. The quantitative estimate of drug-likeness (QED) is 0.627. The molecule has 2 aromatic rings. The van der Waals surface area contributed by atoms with Crippen molar-refractivity contribution in [3.05, 3.63) is 58.6 Å². The van der Waals surface area contributed by atoms with E-state index in [2.05, 4.69) is 5.32 Å². The van der Waals surface area contributed by atoms with Crippen LogP contribution < -0.4 is 14.8 Å². The number of hydrogen-bond donors (Lipinski definition) is 1. The van der Waals surface area contributed by atoms with Gasteiger partial charge in [0.05, 0.1) is 12.1 Å². The third-order valence-corrected chi connectivity index (χ3v) is 6.12. The molecule has 3 saturated carbocycles. The van der Waals surface area contributed by atoms with Crippen LogP contribution in [0.25, 0.3) is 0 Å². The molecule has 0 atom stereocenters. The SMILES string of the molecule is COc1ccc(C(=O)CC23CC(NC(=O)COc4ccc(Cl)c(F)c4)(C2)C3)cc1F. The lowest BCUT2D eigenvalue weighted by atomic mass is 9.38. The van der Waals surface area contributed by atoms with Crippen molar-refractivity contribution in [1.29, 1.82) is 0 Å². The van der Waals surface area contributed by atoms with E-state index in [4.69, 9.17) is 21.1 Å². The summed E-state index contributed by atoms with van der Waals surface area (Å²) < 4.78 is 37.4. The summed E-state index contributed by atoms with van der Waals surface area (Å²) >= 11 is 5.61. The number of Topliss-reactive ketones (excluding diaryl/α,β-unsaturated/α-hetero) is 1. The Balaban J connectivity index is 1.25. The van der Waals surface area contributed by atoms with Crippen molar-refractivity contribution < 1.29 is 27.8 Å². The van der Waals surface area contributed by atoms with Gasteiger partial charge in [0.25, 0.3) is 5.91 Å². The number of carbonyl (C=O) groups is 2. The lowest BCUT2D eigenvalue weighted by Crippen LogP contribution is -2.75. The van der Waals surface area contributed by atoms with E-state index in [-0.39, 0.29) is 45.8 Å². The molecule has 158 valence electrons. The predicted molar refractivity (Wildman–Crippen MR) is 106 cm³/mol. The Morgan fingerprint density at radius 3 is 2.47 bits per heavy atom. The Morgan fingerprint density at radius 2 is 1.83 bits per heavy atom. The molecule has 0 spiro atoms. The van der Waals surface area contributed by atoms with Gasteiger partial charge in [0.1, 0.15) is 11.6 Å². The van der Waals surface area contributed by atoms with Crippen LogP contribution in [0.1, 0.15) is 36.0 Å². The fraction of sp³-hybridized carbons (Fsp3) is 0.364. The molecular weight excluding hydrogens is 416 g/mol. The van der Waals surface area contributed by atoms with Crippen LogP contribution in [-0.2, 0) is 4.79 Å². The van der Waals surface area contributed by atoms with E-state index in [1.165, 1.54) is 31.4 Å². The molecule has 0 radical (unpaired) electrons. The summed E-state index contributed by atoms with van der Waals surface area (Å²) in [6.45, 7) is -0.236. The van der Waals surface area contributed by atoms with Gasteiger partial charge in [0, 0.05) is 23.6 Å². The van der Waals surface area contributed by atoms with Crippen molar-refractivity contribution in [3.63, 3.8) is 0 Å². The summed E-state index contributed by atoms with van der Waals surface area (Å²) in [6, 6.07) is 8.17. The van der Waals surface area contributed by atoms with E-state index < -0.39 is 11.6 Å². The smallest absolute Gasteiger partial charge is 0.258 e. The van der Waals surface area contributed by atoms with Crippen LogP contribution in [-0.4, -0.2) is 30.9 Å². The van der Waals surface area contributed by atoms with Gasteiger partial charge in [-0.1, -0.05) is 11.6 Å². The van der Waals surface area contributed by atoms with Crippen molar-refractivity contribution in [2.24, 2.45) is 5.41 Å². The number of ketones is 1. The van der Waals surface area contributed by atoms with E-state index in [9.17, 15) is 18.4 Å². The molecule has 0 aromatic heterocycles. The van der Waals surface area contributed by atoms with Gasteiger partial charge in [-0.15, -0.1) is 0 Å². The van der Waals surface area contributed by atoms with Gasteiger partial charge in [-0.25, -0.2) is 8.78 Å². The highest BCUT2D eigenvalue weighted by molar-refractivity contribution is 6.30. The molecule has 5 rings (SSSR count). The van der Waals surface area contributed by atoms with Crippen LogP contribution in [0.15, 0.2) is 36.4 Å². The molecule has 3 aliphatic carbocycles. The highest BCUT2D eigenvalue weighted by Gasteiger charge is 2.68. The first kappa shape index (κ1) is 20.6. The topological polar surface area (TPSA) is 64.6 Å². The minimum Gasteiger partial charge on any atom is -0.494 e. The highest BCUT2D eigenvalue weighted by atomic mass is 35.5. The Kier molecular flexibility index (Phi) is 5.18. The van der Waals surface area contributed by atoms with E-state index in [1.807, 2.05) is 0 Å². The zero-order valence-corrected chi connectivity index (χ0v) is 17.0. The summed E-state index contributed by atoms with van der Waals surface area (Å²) in [4.78, 5) is 24.7. The van der Waals surface area contributed by atoms with Crippen molar-refractivity contribution in [3.8, 4) is 11.5 Å². The van der Waals surface area contributed by atoms with E-state index in [0.717, 1.165) is 6.07 Å². The first-order chi connectivity index (χ1) is 14.2. The molecule has 3 fully saturated rings. The Labute approximate surface area is 177 Å². The second-order valence-electron chi connectivity index (χ2n) is 8.17. The zero-order valence-electron chi connectivity index (χ0n) is 16.3. The average Bonchev–Trinajstić information content (AvgIpc) is 2.66. The number of halogens is 3. The molecule has 0 saturated heterocycles. The van der Waals surface area contributed by atoms with Gasteiger partial charge in [-0.05, 0) is 55.0 Å². The van der Waals surface area contributed by atoms with E-state index in [1.54, 1.807) is 6.07 Å². The molecule has 1 amide bonds. The lowest BCUT2D eigenvalue weighted by Gasteiger charge is -2.70. The third kappa shape index (κ3) is 3.86. The molecule has 30 heavy (non-hydrogen) atoms. The summed E-state index contributed by atoms with van der Waals surface area (Å²) in [5.41, 5.74) is -0.127. The lowest BCUT2D eigenvalue weighted by molar-refractivity contribution is -0.164. The number of methoxy groups -OCH3 is 1. The van der Waals surface area contributed by atoms with Crippen LogP contribution in [0.4, 0.5) is 8.78 Å². The number of rotatable bonds is 8. The molecular formula is C22H20ClF2NO4. The molecule has 0 unspecified atom stereocenters. The van der Waals surface area contributed by atoms with E-state index >= 15 is 0 Å². The van der Waals surface area contributed by atoms with Gasteiger partial charge in [0.15, 0.2) is 24.0 Å². The molecule has 5 nitrogen and oxygen atoms in total. The van der Waals surface area contributed by atoms with Crippen LogP contribution in [0.5, 0.6) is 11.5 Å². The fourth-order valence-electron chi connectivity index (χ4n) is 4.65. The monoisotopic (exact) mass is 435 g/mol. The number of ether oxygens (including phenoxy) is 2. The standard InChI is InChI=1S/C22H20ClF2NO4/c1-29-19-5-2-13(6-17(19)25)18(27)8-21-10-22(11-21,12-21)26-20(28)9-30-14-3-4-15(23)16(24)7-14/h2-7H,8-12H2,1H3,(H,26,28). The highest BCUT2D eigenvalue weighted by Crippen LogP contribution is 2.69. The number of amides is 1. The molecule has 2 aromatic carbocycles. The first-order valence-corrected chi connectivity index (χ1v) is 9.87. The fourth-order valence-corrected chi connectivity index (χ4v) is 4.77. The first-order valence-electron chi connectivity index (χ1n) is 9.49. The largest absolute Gasteiger partial charge is 0.494 e. The van der Waals surface area contributed by atoms with Crippen LogP contribution in [0, 0.1) is 17.0 Å². The predicted octanol–water partition coefficient (Wildman–Crippen LogP) is 4.32. The Morgan fingerprint density at radius 1 is 1.10 bits per heavy atom. The second kappa shape index (κ2) is 7.54. The van der Waals surface area contributed by atoms with Gasteiger partial charge in [0.2, 0.25) is 0 Å². The van der Waals surface area contributed by atoms with Crippen molar-refractivity contribution in [2.75, 3.05) is 13.7 Å². The summed E-state index contributed by atoms with van der Waals surface area (Å²) in [6.07, 6.45) is 2.42. The second-order valence-corrected chi connectivity index (χ2v) is 8.58. The molecule has 2 bridgehead atoms. The minimum atomic E-state index is -0.614. The maximum Gasteiger partial charge on any atom is 0.258 e. The normalized spacial score (nSPS) is 23.7. The maximum atomic E-state index is 13.8. The molecule has 0 heterocycles. The maximum absolute atomic E-state index is 13.8. The summed E-state index contributed by atoms with van der Waals surface area (Å²) in [7, 11) is 1.37. The number of hydrogen-bond acceptors (Lipinski definition) is 4. The summed E-state index contributed by atoms with van der Waals surface area (Å²) in [5, 5.41) is 2.93. The number of benzene rings is 2. The number of carbonyl (C=O) groups excluding carboxylic acids is 2. The van der Waals surface area contributed by atoms with Crippen LogP contribution >= 0.6 is 11.6 Å².